The maximum absolute atomic E-state index is 14.9. The molecule has 0 aliphatic heterocycles. The molecule has 0 saturated heterocycles. The zero-order valence-electron chi connectivity index (χ0n) is 16.0. The minimum atomic E-state index is -1.42. The van der Waals surface area contributed by atoms with Gasteiger partial charge in [0.05, 0.1) is 12.1 Å². The third-order valence-corrected chi connectivity index (χ3v) is 5.42. The van der Waals surface area contributed by atoms with Crippen molar-refractivity contribution in [2.45, 2.75) is 25.3 Å². The molecule has 3 aromatic rings. The van der Waals surface area contributed by atoms with Crippen molar-refractivity contribution in [3.63, 3.8) is 0 Å². The number of rotatable bonds is 6. The number of methoxy groups -OCH3 is 1. The van der Waals surface area contributed by atoms with E-state index in [2.05, 4.69) is 9.97 Å². The first kappa shape index (κ1) is 20.7. The van der Waals surface area contributed by atoms with Crippen molar-refractivity contribution in [1.29, 1.82) is 0 Å². The lowest BCUT2D eigenvalue weighted by molar-refractivity contribution is 0.132. The van der Waals surface area contributed by atoms with Crippen molar-refractivity contribution >= 4 is 34.2 Å². The van der Waals surface area contributed by atoms with Crippen LogP contribution in [0.15, 0.2) is 65.9 Å². The topological polar surface area (TPSA) is 67.4 Å². The average molecular weight is 449 g/mol. The highest BCUT2D eigenvalue weighted by atomic mass is 35.5. The number of allylic oxidation sites excluding steroid dienone is 1. The van der Waals surface area contributed by atoms with Crippen molar-refractivity contribution in [2.24, 2.45) is 0 Å². The Morgan fingerprint density at radius 3 is 2.77 bits per heavy atom. The first-order valence-electron chi connectivity index (χ1n) is 9.28. The molecule has 0 spiro atoms. The monoisotopic (exact) mass is 448 g/mol. The van der Waals surface area contributed by atoms with Gasteiger partial charge in [-0.1, -0.05) is 35.3 Å². The summed E-state index contributed by atoms with van der Waals surface area (Å²) in [7, 11) is 1.42. The molecule has 8 heteroatoms. The molecule has 4 rings (SSSR count). The molecule has 0 bridgehead atoms. The number of nitrogens with one attached hydrogen (secondary N) is 1. The lowest BCUT2D eigenvalue weighted by Crippen LogP contribution is -2.21. The molecule has 0 saturated carbocycles. The third kappa shape index (κ3) is 4.03. The van der Waals surface area contributed by atoms with Gasteiger partial charge in [-0.25, -0.2) is 9.37 Å². The Hall–Kier alpha value is -2.54. The molecule has 0 amide bonds. The van der Waals surface area contributed by atoms with E-state index in [1.54, 1.807) is 30.5 Å². The third-order valence-electron chi connectivity index (χ3n) is 4.96. The highest BCUT2D eigenvalue weighted by Gasteiger charge is 2.33. The van der Waals surface area contributed by atoms with Gasteiger partial charge in [-0.3, -0.25) is 0 Å². The van der Waals surface area contributed by atoms with Crippen LogP contribution in [0.25, 0.3) is 11.0 Å². The summed E-state index contributed by atoms with van der Waals surface area (Å²) >= 11 is 12.0. The lowest BCUT2D eigenvalue weighted by Gasteiger charge is -2.26. The Balaban J connectivity index is 1.65. The molecule has 1 aliphatic carbocycles. The Kier molecular flexibility index (Phi) is 5.99. The highest BCUT2D eigenvalue weighted by molar-refractivity contribution is 6.31. The van der Waals surface area contributed by atoms with Gasteiger partial charge in [0.1, 0.15) is 24.5 Å². The number of pyridine rings is 1. The van der Waals surface area contributed by atoms with E-state index in [0.29, 0.717) is 32.4 Å². The van der Waals surface area contributed by atoms with Crippen LogP contribution >= 0.6 is 23.2 Å². The fraction of sp³-hybridized carbons (Fsp3) is 0.227. The number of aliphatic hydroxyl groups is 1. The van der Waals surface area contributed by atoms with Crippen molar-refractivity contribution in [2.75, 3.05) is 7.11 Å². The van der Waals surface area contributed by atoms with Gasteiger partial charge >= 0.3 is 0 Å². The summed E-state index contributed by atoms with van der Waals surface area (Å²) in [5, 5.41) is 12.7. The second-order valence-electron chi connectivity index (χ2n) is 6.87. The molecule has 1 aliphatic rings. The van der Waals surface area contributed by atoms with Gasteiger partial charge < -0.3 is 19.6 Å². The molecule has 5 nitrogen and oxygen atoms in total. The van der Waals surface area contributed by atoms with Gasteiger partial charge in [-0.15, -0.1) is 0 Å². The minimum Gasteiger partial charge on any atom is -0.493 e. The summed E-state index contributed by atoms with van der Waals surface area (Å²) in [6, 6.07) is 8.91. The maximum Gasteiger partial charge on any atom is 0.165 e. The number of alkyl halides is 1. The van der Waals surface area contributed by atoms with Gasteiger partial charge in [0.2, 0.25) is 0 Å². The number of ether oxygens (including phenoxy) is 2. The molecular formula is C22H19Cl2FN2O3. The van der Waals surface area contributed by atoms with Crippen molar-refractivity contribution in [1.82, 2.24) is 9.97 Å². The molecular weight excluding hydrogens is 430 g/mol. The predicted molar refractivity (Wildman–Crippen MR) is 114 cm³/mol. The molecule has 2 aromatic heterocycles. The van der Waals surface area contributed by atoms with E-state index in [9.17, 15) is 9.50 Å². The molecule has 2 N–H and O–H groups in total. The van der Waals surface area contributed by atoms with Crippen LogP contribution in [0.4, 0.5) is 4.39 Å². The van der Waals surface area contributed by atoms with Crippen LogP contribution in [-0.2, 0) is 16.1 Å². The summed E-state index contributed by atoms with van der Waals surface area (Å²) in [4.78, 5) is 7.16. The molecule has 0 fully saturated rings. The number of hydrogen-bond acceptors (Lipinski definition) is 4. The van der Waals surface area contributed by atoms with E-state index in [0.717, 1.165) is 5.56 Å². The Bertz CT molecular complexity index is 1130. The normalized spacial score (nSPS) is 17.8. The molecule has 0 radical (unpaired) electrons. The van der Waals surface area contributed by atoms with Crippen LogP contribution in [0.2, 0.25) is 10.0 Å². The average Bonchev–Trinajstić information content (AvgIpc) is 3.16. The van der Waals surface area contributed by atoms with Gasteiger partial charge in [0.25, 0.3) is 0 Å². The van der Waals surface area contributed by atoms with Crippen LogP contribution in [-0.4, -0.2) is 28.4 Å². The molecule has 2 atom stereocenters. The summed E-state index contributed by atoms with van der Waals surface area (Å²) in [6.07, 6.45) is 2.11. The zero-order valence-corrected chi connectivity index (χ0v) is 17.5. The number of benzene rings is 1. The minimum absolute atomic E-state index is 0.0660. The quantitative estimate of drug-likeness (QED) is 0.511. The van der Waals surface area contributed by atoms with Crippen LogP contribution in [0.5, 0.6) is 0 Å². The molecule has 2 heterocycles. The van der Waals surface area contributed by atoms with Crippen molar-refractivity contribution in [3.05, 3.63) is 87.1 Å². The maximum atomic E-state index is 14.9. The van der Waals surface area contributed by atoms with E-state index in [1.807, 2.05) is 12.1 Å². The van der Waals surface area contributed by atoms with Crippen LogP contribution < -0.4 is 0 Å². The zero-order chi connectivity index (χ0) is 21.3. The second kappa shape index (κ2) is 8.68. The second-order valence-corrected chi connectivity index (χ2v) is 7.74. The molecule has 2 unspecified atom stereocenters. The number of halogens is 3. The van der Waals surface area contributed by atoms with E-state index in [4.69, 9.17) is 32.7 Å². The number of aliphatic hydroxyl groups excluding tert-OH is 1. The van der Waals surface area contributed by atoms with Crippen LogP contribution in [0.3, 0.4) is 0 Å². The van der Waals surface area contributed by atoms with Gasteiger partial charge in [0.15, 0.2) is 11.5 Å². The largest absolute Gasteiger partial charge is 0.493 e. The Labute approximate surface area is 182 Å². The number of nitrogens with zero attached hydrogens (tertiary/aromatic N) is 1. The molecule has 156 valence electrons. The summed E-state index contributed by atoms with van der Waals surface area (Å²) < 4.78 is 26.3. The van der Waals surface area contributed by atoms with Gasteiger partial charge in [0, 0.05) is 40.4 Å². The first-order chi connectivity index (χ1) is 14.5. The summed E-state index contributed by atoms with van der Waals surface area (Å²) in [5.74, 6) is 0.561. The summed E-state index contributed by atoms with van der Waals surface area (Å²) in [5.41, 5.74) is 2.02. The number of aromatic nitrogens is 2. The standard InChI is InChI=1S/C22H19Cl2FN2O3/c1-29-21-18(30-11-12-2-4-13(23)5-3-12)7-6-17(25)19(21)20(28)16-10-27-22-15(16)8-14(24)9-26-22/h2-5,7-10,17,20,28H,6,11H2,1H3,(H,26,27). The van der Waals surface area contributed by atoms with Crippen molar-refractivity contribution < 1.29 is 19.0 Å². The predicted octanol–water partition coefficient (Wildman–Crippen LogP) is 5.65. The van der Waals surface area contributed by atoms with E-state index >= 15 is 0 Å². The van der Waals surface area contributed by atoms with Crippen LogP contribution in [0.1, 0.15) is 23.7 Å². The highest BCUT2D eigenvalue weighted by Crippen LogP contribution is 2.39. The van der Waals surface area contributed by atoms with Crippen molar-refractivity contribution in [3.8, 4) is 0 Å². The first-order valence-corrected chi connectivity index (χ1v) is 10.0. The Morgan fingerprint density at radius 2 is 2.03 bits per heavy atom. The van der Waals surface area contributed by atoms with Gasteiger partial charge in [-0.05, 0) is 29.8 Å². The van der Waals surface area contributed by atoms with Gasteiger partial charge in [-0.2, -0.15) is 0 Å². The number of aromatic amines is 1. The van der Waals surface area contributed by atoms with E-state index < -0.39 is 12.3 Å². The van der Waals surface area contributed by atoms with Crippen LogP contribution in [0, 0.1) is 0 Å². The summed E-state index contributed by atoms with van der Waals surface area (Å²) in [6.45, 7) is 0.253. The molecule has 1 aromatic carbocycles. The fourth-order valence-electron chi connectivity index (χ4n) is 3.49. The molecule has 30 heavy (non-hydrogen) atoms. The smallest absolute Gasteiger partial charge is 0.165 e. The SMILES string of the molecule is COC1=C(C(O)c2c[nH]c3ncc(Cl)cc23)C(F)CC=C1OCc1ccc(Cl)cc1. The number of H-pyrrole nitrogens is 1. The lowest BCUT2D eigenvalue weighted by atomic mass is 9.91. The number of fused-ring (bicyclic) bond motifs is 1. The fourth-order valence-corrected chi connectivity index (χ4v) is 3.77. The number of hydrogen-bond donors (Lipinski definition) is 2. The van der Waals surface area contributed by atoms with E-state index in [1.165, 1.54) is 13.3 Å². The van der Waals surface area contributed by atoms with E-state index in [-0.39, 0.29) is 24.4 Å². The Morgan fingerprint density at radius 1 is 1.27 bits per heavy atom.